The quantitative estimate of drug-likeness (QED) is 0.335. The van der Waals surface area contributed by atoms with Crippen LogP contribution in [0.5, 0.6) is 0 Å². The molecule has 2 heterocycles. The van der Waals surface area contributed by atoms with Crippen LogP contribution < -0.4 is 0 Å². The Kier molecular flexibility index (Phi) is 6.20. The van der Waals surface area contributed by atoms with Gasteiger partial charge in [-0.1, -0.05) is 77.5 Å². The zero-order valence-corrected chi connectivity index (χ0v) is 18.8. The molecule has 1 aliphatic rings. The zero-order valence-electron chi connectivity index (χ0n) is 15.6. The van der Waals surface area contributed by atoms with E-state index in [1.807, 2.05) is 0 Å². The molecule has 0 aliphatic carbocycles. The van der Waals surface area contributed by atoms with Crippen molar-refractivity contribution in [1.29, 1.82) is 0 Å². The minimum absolute atomic E-state index is 0.164. The van der Waals surface area contributed by atoms with Crippen molar-refractivity contribution >= 4 is 69.5 Å². The molecule has 156 valence electrons. The van der Waals surface area contributed by atoms with E-state index < -0.39 is 17.9 Å². The van der Waals surface area contributed by atoms with Gasteiger partial charge in [0.2, 0.25) is 0 Å². The third kappa shape index (κ3) is 4.41. The molecule has 9 heteroatoms. The number of hydrogen-bond acceptors (Lipinski definition) is 5. The average molecular weight is 490 g/mol. The summed E-state index contributed by atoms with van der Waals surface area (Å²) >= 11 is 18.6. The number of nitrogens with zero attached hydrogens (tertiary/aromatic N) is 1. The fourth-order valence-corrected chi connectivity index (χ4v) is 4.81. The topological polar surface area (TPSA) is 70.8 Å². The first kappa shape index (κ1) is 21.6. The van der Waals surface area contributed by atoms with Gasteiger partial charge in [-0.15, -0.1) is 0 Å². The Morgan fingerprint density at radius 1 is 1.13 bits per heavy atom. The molecule has 5 nitrogen and oxygen atoms in total. The van der Waals surface area contributed by atoms with Gasteiger partial charge in [0.05, 0.1) is 9.93 Å². The van der Waals surface area contributed by atoms with E-state index in [0.717, 1.165) is 16.7 Å². The lowest BCUT2D eigenvalue weighted by Crippen LogP contribution is -2.37. The molecule has 1 saturated heterocycles. The van der Waals surface area contributed by atoms with Gasteiger partial charge in [0.15, 0.2) is 6.04 Å². The van der Waals surface area contributed by atoms with Crippen LogP contribution in [0.4, 0.5) is 0 Å². The third-order valence-corrected chi connectivity index (χ3v) is 6.42. The van der Waals surface area contributed by atoms with Crippen LogP contribution in [-0.4, -0.2) is 26.2 Å². The number of carboxylic acids is 1. The Morgan fingerprint density at radius 2 is 1.87 bits per heavy atom. The summed E-state index contributed by atoms with van der Waals surface area (Å²) in [5.74, 6) is -0.773. The first-order chi connectivity index (χ1) is 14.8. The standard InChI is InChI=1S/C22H13Cl2NO4S2/c23-13-6-8-16(24)15(10-13)17-9-7-14(29-17)11-18-20(26)25(22(30)31-18)19(21(27)28)12-4-2-1-3-5-12/h1-11,19H,(H,27,28)/b18-11+. The Balaban J connectivity index is 1.64. The van der Waals surface area contributed by atoms with E-state index in [-0.39, 0.29) is 9.23 Å². The highest BCUT2D eigenvalue weighted by atomic mass is 35.5. The number of furan rings is 1. The van der Waals surface area contributed by atoms with Crippen molar-refractivity contribution in [3.8, 4) is 11.3 Å². The van der Waals surface area contributed by atoms with Crippen LogP contribution in [0.2, 0.25) is 10.0 Å². The number of hydrogen-bond donors (Lipinski definition) is 1. The summed E-state index contributed by atoms with van der Waals surface area (Å²) in [4.78, 5) is 26.3. The largest absolute Gasteiger partial charge is 0.479 e. The molecule has 0 bridgehead atoms. The van der Waals surface area contributed by atoms with Gasteiger partial charge in [-0.3, -0.25) is 9.69 Å². The van der Waals surface area contributed by atoms with Gasteiger partial charge in [0.25, 0.3) is 5.91 Å². The number of rotatable bonds is 5. The Hall–Kier alpha value is -2.58. The van der Waals surface area contributed by atoms with Crippen molar-refractivity contribution in [3.63, 3.8) is 0 Å². The van der Waals surface area contributed by atoms with Crippen molar-refractivity contribution in [1.82, 2.24) is 4.90 Å². The summed E-state index contributed by atoms with van der Waals surface area (Å²) in [6.07, 6.45) is 1.53. The van der Waals surface area contributed by atoms with Crippen LogP contribution in [0.3, 0.4) is 0 Å². The Labute approximate surface area is 197 Å². The minimum atomic E-state index is -1.21. The summed E-state index contributed by atoms with van der Waals surface area (Å²) in [6.45, 7) is 0. The summed E-state index contributed by atoms with van der Waals surface area (Å²) in [5.41, 5.74) is 1.08. The van der Waals surface area contributed by atoms with Gasteiger partial charge < -0.3 is 9.52 Å². The maximum atomic E-state index is 13.0. The summed E-state index contributed by atoms with van der Waals surface area (Å²) in [6, 6.07) is 15.7. The van der Waals surface area contributed by atoms with Gasteiger partial charge in [0, 0.05) is 16.7 Å². The minimum Gasteiger partial charge on any atom is -0.479 e. The van der Waals surface area contributed by atoms with E-state index in [1.165, 1.54) is 6.08 Å². The smallest absolute Gasteiger partial charge is 0.331 e. The molecule has 1 aromatic heterocycles. The monoisotopic (exact) mass is 489 g/mol. The van der Waals surface area contributed by atoms with E-state index in [9.17, 15) is 14.7 Å². The normalized spacial score (nSPS) is 16.2. The van der Waals surface area contributed by atoms with Crippen molar-refractivity contribution in [3.05, 3.63) is 86.9 Å². The fraction of sp³-hybridized carbons (Fsp3) is 0.0455. The highest BCUT2D eigenvalue weighted by Gasteiger charge is 2.41. The van der Waals surface area contributed by atoms with Crippen LogP contribution in [-0.2, 0) is 9.59 Å². The molecular formula is C22H13Cl2NO4S2. The number of amides is 1. The van der Waals surface area contributed by atoms with E-state index >= 15 is 0 Å². The average Bonchev–Trinajstić information content (AvgIpc) is 3.31. The molecule has 1 fully saturated rings. The zero-order chi connectivity index (χ0) is 22.1. The second kappa shape index (κ2) is 8.88. The number of carbonyl (C=O) groups is 2. The fourth-order valence-electron chi connectivity index (χ4n) is 3.13. The molecule has 1 amide bonds. The van der Waals surface area contributed by atoms with Crippen molar-refractivity contribution < 1.29 is 19.1 Å². The first-order valence-electron chi connectivity index (χ1n) is 8.95. The van der Waals surface area contributed by atoms with Crippen LogP contribution >= 0.6 is 47.2 Å². The Morgan fingerprint density at radius 3 is 2.58 bits per heavy atom. The summed E-state index contributed by atoms with van der Waals surface area (Å²) in [7, 11) is 0. The predicted molar refractivity (Wildman–Crippen MR) is 126 cm³/mol. The van der Waals surface area contributed by atoms with Gasteiger partial charge in [0.1, 0.15) is 15.8 Å². The maximum absolute atomic E-state index is 13.0. The molecule has 2 aromatic carbocycles. The van der Waals surface area contributed by atoms with E-state index in [0.29, 0.717) is 32.7 Å². The van der Waals surface area contributed by atoms with Crippen LogP contribution in [0.25, 0.3) is 17.4 Å². The van der Waals surface area contributed by atoms with Crippen molar-refractivity contribution in [2.45, 2.75) is 6.04 Å². The van der Waals surface area contributed by atoms with Crippen molar-refractivity contribution in [2.24, 2.45) is 0 Å². The van der Waals surface area contributed by atoms with Gasteiger partial charge in [-0.25, -0.2) is 4.79 Å². The third-order valence-electron chi connectivity index (χ3n) is 4.52. The SMILES string of the molecule is O=C(O)C(c1ccccc1)N1C(=O)/C(=C\c2ccc(-c3cc(Cl)ccc3Cl)o2)SC1=S. The molecule has 1 N–H and O–H groups in total. The van der Waals surface area contributed by atoms with Crippen molar-refractivity contribution in [2.75, 3.05) is 0 Å². The molecule has 0 radical (unpaired) electrons. The van der Waals surface area contributed by atoms with E-state index in [1.54, 1.807) is 60.7 Å². The summed E-state index contributed by atoms with van der Waals surface area (Å²) < 4.78 is 5.98. The number of benzene rings is 2. The highest BCUT2D eigenvalue weighted by molar-refractivity contribution is 8.26. The molecule has 31 heavy (non-hydrogen) atoms. The molecule has 3 aromatic rings. The second-order valence-corrected chi connectivity index (χ2v) is 9.05. The molecule has 0 saturated carbocycles. The maximum Gasteiger partial charge on any atom is 0.331 e. The number of thioether (sulfide) groups is 1. The van der Waals surface area contributed by atoms with Gasteiger partial charge >= 0.3 is 5.97 Å². The summed E-state index contributed by atoms with van der Waals surface area (Å²) in [5, 5.41) is 10.7. The van der Waals surface area contributed by atoms with Crippen LogP contribution in [0.15, 0.2) is 70.0 Å². The van der Waals surface area contributed by atoms with Crippen LogP contribution in [0, 0.1) is 0 Å². The number of carbonyl (C=O) groups excluding carboxylic acids is 1. The second-order valence-electron chi connectivity index (χ2n) is 6.53. The first-order valence-corrected chi connectivity index (χ1v) is 10.9. The molecule has 1 unspecified atom stereocenters. The number of aliphatic carboxylic acids is 1. The van der Waals surface area contributed by atoms with Gasteiger partial charge in [-0.2, -0.15) is 0 Å². The predicted octanol–water partition coefficient (Wildman–Crippen LogP) is 6.28. The molecule has 1 aliphatic heterocycles. The lowest BCUT2D eigenvalue weighted by Gasteiger charge is -2.23. The molecular weight excluding hydrogens is 477 g/mol. The lowest BCUT2D eigenvalue weighted by molar-refractivity contribution is -0.145. The number of halogens is 2. The number of carboxylic acid groups (broad SMARTS) is 1. The van der Waals surface area contributed by atoms with Crippen LogP contribution in [0.1, 0.15) is 17.4 Å². The van der Waals surface area contributed by atoms with Gasteiger partial charge in [-0.05, 0) is 35.9 Å². The van der Waals surface area contributed by atoms with E-state index in [4.69, 9.17) is 39.8 Å². The molecule has 4 rings (SSSR count). The Bertz CT molecular complexity index is 1220. The molecule has 1 atom stereocenters. The molecule has 0 spiro atoms. The lowest BCUT2D eigenvalue weighted by atomic mass is 10.1. The van der Waals surface area contributed by atoms with E-state index in [2.05, 4.69) is 0 Å². The number of thiocarbonyl (C=S) groups is 1. The highest BCUT2D eigenvalue weighted by Crippen LogP contribution is 2.39.